The van der Waals surface area contributed by atoms with E-state index in [2.05, 4.69) is 0 Å². The topological polar surface area (TPSA) is 66.4 Å². The lowest BCUT2D eigenvalue weighted by Gasteiger charge is -2.31. The molecule has 0 bridgehead atoms. The molecule has 0 spiro atoms. The third-order valence-electron chi connectivity index (χ3n) is 7.12. The standard InChI is InChI=1S/C25H29FN4O2/c1-16-20-11-12-22(31)30(15-17-6-4-9-19(26)14-17)24(20)28-23(27-16)21-10-5-13-29(21)25(32)18-7-2-3-8-18/h4,6,9,14,18,21H,2-3,5,7-8,10-13,15H2,1H3. The molecule has 2 amide bonds. The van der Waals surface area contributed by atoms with E-state index >= 15 is 0 Å². The first-order valence-corrected chi connectivity index (χ1v) is 11.7. The molecule has 1 saturated heterocycles. The summed E-state index contributed by atoms with van der Waals surface area (Å²) >= 11 is 0. The smallest absolute Gasteiger partial charge is 0.228 e. The van der Waals surface area contributed by atoms with E-state index < -0.39 is 0 Å². The number of aromatic nitrogens is 2. The number of carbonyl (C=O) groups is 2. The summed E-state index contributed by atoms with van der Waals surface area (Å²) in [6.07, 6.45) is 6.98. The SMILES string of the molecule is Cc1nc(C2CCCN2C(=O)C2CCCC2)nc2c1CCC(=O)N2Cc1cccc(F)c1. The minimum atomic E-state index is -0.321. The Hall–Kier alpha value is -2.83. The van der Waals surface area contributed by atoms with Crippen LogP contribution in [0.2, 0.25) is 0 Å². The second kappa shape index (κ2) is 8.60. The number of likely N-dealkylation sites (tertiary alicyclic amines) is 1. The van der Waals surface area contributed by atoms with Crippen LogP contribution in [0.1, 0.15) is 73.6 Å². The predicted octanol–water partition coefficient (Wildman–Crippen LogP) is 4.26. The average molecular weight is 437 g/mol. The van der Waals surface area contributed by atoms with Crippen LogP contribution in [0.5, 0.6) is 0 Å². The molecule has 2 aromatic rings. The fourth-order valence-electron chi connectivity index (χ4n) is 5.44. The summed E-state index contributed by atoms with van der Waals surface area (Å²) in [5.41, 5.74) is 2.56. The summed E-state index contributed by atoms with van der Waals surface area (Å²) in [7, 11) is 0. The fraction of sp³-hybridized carbons (Fsp3) is 0.520. The van der Waals surface area contributed by atoms with Crippen molar-refractivity contribution < 1.29 is 14.0 Å². The monoisotopic (exact) mass is 436 g/mol. The van der Waals surface area contributed by atoms with Gasteiger partial charge < -0.3 is 4.90 Å². The lowest BCUT2D eigenvalue weighted by molar-refractivity contribution is -0.136. The van der Waals surface area contributed by atoms with Gasteiger partial charge in [-0.2, -0.15) is 0 Å². The van der Waals surface area contributed by atoms with Crippen LogP contribution in [0.4, 0.5) is 10.2 Å². The quantitative estimate of drug-likeness (QED) is 0.718. The van der Waals surface area contributed by atoms with Crippen LogP contribution in [0, 0.1) is 18.7 Å². The summed E-state index contributed by atoms with van der Waals surface area (Å²) in [6.45, 7) is 2.97. The van der Waals surface area contributed by atoms with Gasteiger partial charge in [0.15, 0.2) is 5.82 Å². The van der Waals surface area contributed by atoms with Crippen LogP contribution >= 0.6 is 0 Å². The highest BCUT2D eigenvalue weighted by Crippen LogP contribution is 2.37. The molecule has 1 atom stereocenters. The highest BCUT2D eigenvalue weighted by atomic mass is 19.1. The van der Waals surface area contributed by atoms with Crippen molar-refractivity contribution in [3.8, 4) is 0 Å². The lowest BCUT2D eigenvalue weighted by Crippen LogP contribution is -2.38. The maximum Gasteiger partial charge on any atom is 0.228 e. The van der Waals surface area contributed by atoms with E-state index in [1.165, 1.54) is 12.1 Å². The molecule has 1 saturated carbocycles. The van der Waals surface area contributed by atoms with Crippen LogP contribution in [0.25, 0.3) is 0 Å². The summed E-state index contributed by atoms with van der Waals surface area (Å²) < 4.78 is 13.7. The van der Waals surface area contributed by atoms with Gasteiger partial charge in [0.25, 0.3) is 0 Å². The Morgan fingerprint density at radius 1 is 1.12 bits per heavy atom. The molecule has 6 nitrogen and oxygen atoms in total. The summed E-state index contributed by atoms with van der Waals surface area (Å²) in [5, 5.41) is 0. The molecule has 168 valence electrons. The minimum Gasteiger partial charge on any atom is -0.332 e. The molecule has 7 heteroatoms. The Morgan fingerprint density at radius 2 is 1.94 bits per heavy atom. The molecule has 3 aliphatic rings. The van der Waals surface area contributed by atoms with Crippen molar-refractivity contribution in [2.45, 2.75) is 70.9 Å². The van der Waals surface area contributed by atoms with Gasteiger partial charge in [0, 0.05) is 30.1 Å². The number of hydrogen-bond donors (Lipinski definition) is 0. The lowest BCUT2D eigenvalue weighted by atomic mass is 10.0. The number of amides is 2. The summed E-state index contributed by atoms with van der Waals surface area (Å²) in [5.74, 6) is 1.27. The first kappa shape index (κ1) is 21.0. The fourth-order valence-corrected chi connectivity index (χ4v) is 5.44. The van der Waals surface area contributed by atoms with Crippen molar-refractivity contribution in [1.82, 2.24) is 14.9 Å². The molecule has 5 rings (SSSR count). The van der Waals surface area contributed by atoms with Crippen molar-refractivity contribution in [1.29, 1.82) is 0 Å². The van der Waals surface area contributed by atoms with Crippen molar-refractivity contribution in [2.75, 3.05) is 11.4 Å². The van der Waals surface area contributed by atoms with E-state index in [4.69, 9.17) is 9.97 Å². The number of anilines is 1. The van der Waals surface area contributed by atoms with Crippen LogP contribution in [-0.4, -0.2) is 33.2 Å². The Morgan fingerprint density at radius 3 is 2.72 bits per heavy atom. The zero-order valence-electron chi connectivity index (χ0n) is 18.5. The first-order valence-electron chi connectivity index (χ1n) is 11.7. The number of nitrogens with zero attached hydrogens (tertiary/aromatic N) is 4. The highest BCUT2D eigenvalue weighted by molar-refractivity contribution is 5.95. The van der Waals surface area contributed by atoms with Gasteiger partial charge in [-0.05, 0) is 56.7 Å². The second-order valence-corrected chi connectivity index (χ2v) is 9.25. The zero-order chi connectivity index (χ0) is 22.2. The first-order chi connectivity index (χ1) is 15.5. The van der Waals surface area contributed by atoms with Gasteiger partial charge in [-0.15, -0.1) is 0 Å². The maximum atomic E-state index is 13.7. The van der Waals surface area contributed by atoms with Gasteiger partial charge in [0.1, 0.15) is 11.6 Å². The number of carbonyl (C=O) groups excluding carboxylic acids is 2. The van der Waals surface area contributed by atoms with E-state index in [9.17, 15) is 14.0 Å². The van der Waals surface area contributed by atoms with Gasteiger partial charge in [0.2, 0.25) is 11.8 Å². The van der Waals surface area contributed by atoms with Crippen molar-refractivity contribution in [3.05, 3.63) is 52.7 Å². The van der Waals surface area contributed by atoms with Gasteiger partial charge in [-0.25, -0.2) is 14.4 Å². The molecule has 3 heterocycles. The number of fused-ring (bicyclic) bond motifs is 1. The predicted molar refractivity (Wildman–Crippen MR) is 118 cm³/mol. The molecule has 2 fully saturated rings. The van der Waals surface area contributed by atoms with Crippen LogP contribution < -0.4 is 4.90 Å². The summed E-state index contributed by atoms with van der Waals surface area (Å²) in [4.78, 5) is 39.3. The van der Waals surface area contributed by atoms with Crippen molar-refractivity contribution in [2.24, 2.45) is 5.92 Å². The van der Waals surface area contributed by atoms with Crippen LogP contribution in [0.15, 0.2) is 24.3 Å². The van der Waals surface area contributed by atoms with E-state index in [-0.39, 0.29) is 36.1 Å². The Labute approximate surface area is 187 Å². The number of benzene rings is 1. The van der Waals surface area contributed by atoms with Crippen molar-refractivity contribution in [3.63, 3.8) is 0 Å². The third-order valence-corrected chi connectivity index (χ3v) is 7.12. The van der Waals surface area contributed by atoms with Crippen LogP contribution in [-0.2, 0) is 22.6 Å². The molecular weight excluding hydrogens is 407 g/mol. The average Bonchev–Trinajstić information content (AvgIpc) is 3.48. The molecule has 32 heavy (non-hydrogen) atoms. The van der Waals surface area contributed by atoms with Gasteiger partial charge in [0.05, 0.1) is 12.6 Å². The van der Waals surface area contributed by atoms with E-state index in [0.29, 0.717) is 24.5 Å². The number of hydrogen-bond acceptors (Lipinski definition) is 4. The normalized spacial score (nSPS) is 21.3. The molecule has 0 N–H and O–H groups in total. The molecule has 1 unspecified atom stereocenters. The molecule has 0 radical (unpaired) electrons. The molecule has 1 aromatic carbocycles. The zero-order valence-corrected chi connectivity index (χ0v) is 18.5. The summed E-state index contributed by atoms with van der Waals surface area (Å²) in [6, 6.07) is 6.19. The van der Waals surface area contributed by atoms with Gasteiger partial charge in [-0.1, -0.05) is 25.0 Å². The Bertz CT molecular complexity index is 1050. The molecule has 2 aliphatic heterocycles. The molecule has 1 aromatic heterocycles. The third kappa shape index (κ3) is 3.89. The van der Waals surface area contributed by atoms with E-state index in [1.807, 2.05) is 17.9 Å². The maximum absolute atomic E-state index is 13.7. The Kier molecular flexibility index (Phi) is 5.66. The molecule has 1 aliphatic carbocycles. The largest absolute Gasteiger partial charge is 0.332 e. The van der Waals surface area contributed by atoms with Crippen LogP contribution in [0.3, 0.4) is 0 Å². The highest BCUT2D eigenvalue weighted by Gasteiger charge is 2.38. The number of aryl methyl sites for hydroxylation is 1. The van der Waals surface area contributed by atoms with Crippen molar-refractivity contribution >= 4 is 17.6 Å². The Balaban J connectivity index is 1.48. The number of rotatable bonds is 4. The van der Waals surface area contributed by atoms with E-state index in [0.717, 1.165) is 61.9 Å². The molecular formula is C25H29FN4O2. The number of halogens is 1. The minimum absolute atomic E-state index is 0.0175. The van der Waals surface area contributed by atoms with Gasteiger partial charge >= 0.3 is 0 Å². The second-order valence-electron chi connectivity index (χ2n) is 9.25. The van der Waals surface area contributed by atoms with E-state index in [1.54, 1.807) is 11.0 Å². The van der Waals surface area contributed by atoms with Gasteiger partial charge in [-0.3, -0.25) is 14.5 Å².